The molecular weight excluding hydrogens is 368 g/mol. The Bertz CT molecular complexity index is 814. The average Bonchev–Trinajstić information content (AvgIpc) is 2.77. The second-order valence-electron chi connectivity index (χ2n) is 6.85. The molecule has 0 atom stereocenters. The maximum absolute atomic E-state index is 12.5. The molecule has 0 bridgehead atoms. The molecule has 2 aromatic carbocycles. The van der Waals surface area contributed by atoms with Gasteiger partial charge in [0.05, 0.1) is 20.3 Å². The van der Waals surface area contributed by atoms with E-state index >= 15 is 0 Å². The molecule has 1 heterocycles. The molecule has 1 aliphatic rings. The van der Waals surface area contributed by atoms with Gasteiger partial charge in [0.25, 0.3) is 5.91 Å². The molecule has 3 rings (SSSR count). The average molecular weight is 396 g/mol. The predicted octanol–water partition coefficient (Wildman–Crippen LogP) is 3.02. The Labute approximate surface area is 172 Å². The quantitative estimate of drug-likeness (QED) is 0.661. The lowest BCUT2D eigenvalue weighted by Crippen LogP contribution is -2.35. The van der Waals surface area contributed by atoms with E-state index in [4.69, 9.17) is 14.2 Å². The van der Waals surface area contributed by atoms with E-state index in [2.05, 4.69) is 41.1 Å². The molecule has 0 aromatic heterocycles. The Morgan fingerprint density at radius 3 is 2.55 bits per heavy atom. The number of carbonyl (C=O) groups is 1. The number of morpholine rings is 1. The van der Waals surface area contributed by atoms with Crippen molar-refractivity contribution in [1.82, 2.24) is 10.2 Å². The van der Waals surface area contributed by atoms with Gasteiger partial charge >= 0.3 is 0 Å². The number of ether oxygens (including phenoxy) is 3. The van der Waals surface area contributed by atoms with E-state index in [9.17, 15) is 4.79 Å². The lowest BCUT2D eigenvalue weighted by atomic mass is 10.1. The van der Waals surface area contributed by atoms with Crippen LogP contribution in [0.5, 0.6) is 11.5 Å². The summed E-state index contributed by atoms with van der Waals surface area (Å²) in [7, 11) is 1.55. The number of methoxy groups -OCH3 is 1. The number of nitrogens with one attached hydrogen (secondary N) is 1. The second-order valence-corrected chi connectivity index (χ2v) is 6.85. The van der Waals surface area contributed by atoms with Gasteiger partial charge in [-0.25, -0.2) is 0 Å². The van der Waals surface area contributed by atoms with Crippen LogP contribution in [0.3, 0.4) is 0 Å². The van der Waals surface area contributed by atoms with Crippen molar-refractivity contribution in [2.45, 2.75) is 13.1 Å². The smallest absolute Gasteiger partial charge is 0.251 e. The van der Waals surface area contributed by atoms with Crippen molar-refractivity contribution in [3.05, 3.63) is 71.8 Å². The molecular formula is C23H28N2O4. The molecule has 0 radical (unpaired) electrons. The van der Waals surface area contributed by atoms with E-state index in [0.717, 1.165) is 38.4 Å². The highest BCUT2D eigenvalue weighted by molar-refractivity contribution is 5.94. The van der Waals surface area contributed by atoms with Gasteiger partial charge in [-0.2, -0.15) is 0 Å². The Kier molecular flexibility index (Phi) is 7.67. The summed E-state index contributed by atoms with van der Waals surface area (Å²) in [5.74, 6) is 0.947. The fraction of sp³-hybridized carbons (Fsp3) is 0.348. The van der Waals surface area contributed by atoms with E-state index in [1.54, 1.807) is 31.4 Å². The van der Waals surface area contributed by atoms with Crippen molar-refractivity contribution in [2.24, 2.45) is 0 Å². The summed E-state index contributed by atoms with van der Waals surface area (Å²) in [6.45, 7) is 8.94. The molecule has 0 saturated carbocycles. The van der Waals surface area contributed by atoms with Crippen LogP contribution < -0.4 is 14.8 Å². The van der Waals surface area contributed by atoms with Crippen molar-refractivity contribution in [2.75, 3.05) is 40.0 Å². The molecule has 1 fully saturated rings. The van der Waals surface area contributed by atoms with Crippen LogP contribution in [0.4, 0.5) is 0 Å². The topological polar surface area (TPSA) is 60.0 Å². The summed E-state index contributed by atoms with van der Waals surface area (Å²) >= 11 is 0. The number of benzene rings is 2. The minimum Gasteiger partial charge on any atom is -0.493 e. The van der Waals surface area contributed by atoms with Gasteiger partial charge in [-0.15, -0.1) is 0 Å². The van der Waals surface area contributed by atoms with Crippen LogP contribution in [0, 0.1) is 0 Å². The molecule has 0 unspecified atom stereocenters. The molecule has 1 N–H and O–H groups in total. The van der Waals surface area contributed by atoms with Crippen molar-refractivity contribution < 1.29 is 19.0 Å². The number of hydrogen-bond acceptors (Lipinski definition) is 5. The highest BCUT2D eigenvalue weighted by Gasteiger charge is 2.12. The molecule has 1 saturated heterocycles. The van der Waals surface area contributed by atoms with E-state index in [1.807, 2.05) is 0 Å². The Hall–Kier alpha value is -2.83. The molecule has 0 aliphatic carbocycles. The summed E-state index contributed by atoms with van der Waals surface area (Å²) in [4.78, 5) is 14.9. The lowest BCUT2D eigenvalue weighted by Gasteiger charge is -2.26. The van der Waals surface area contributed by atoms with Crippen LogP contribution in [0.15, 0.2) is 55.1 Å². The van der Waals surface area contributed by atoms with Gasteiger partial charge in [0.15, 0.2) is 11.5 Å². The summed E-state index contributed by atoms with van der Waals surface area (Å²) in [6, 6.07) is 13.5. The normalized spacial score (nSPS) is 14.2. The number of nitrogens with zero attached hydrogens (tertiary/aromatic N) is 1. The van der Waals surface area contributed by atoms with Crippen molar-refractivity contribution in [3.63, 3.8) is 0 Å². The van der Waals surface area contributed by atoms with Crippen molar-refractivity contribution in [1.29, 1.82) is 0 Å². The predicted molar refractivity (Wildman–Crippen MR) is 112 cm³/mol. The molecule has 1 amide bonds. The van der Waals surface area contributed by atoms with E-state index in [-0.39, 0.29) is 5.91 Å². The van der Waals surface area contributed by atoms with E-state index in [1.165, 1.54) is 5.56 Å². The Morgan fingerprint density at radius 1 is 1.14 bits per heavy atom. The maximum atomic E-state index is 12.5. The third kappa shape index (κ3) is 6.07. The van der Waals surface area contributed by atoms with Gasteiger partial charge in [-0.1, -0.05) is 36.9 Å². The fourth-order valence-corrected chi connectivity index (χ4v) is 3.14. The zero-order valence-electron chi connectivity index (χ0n) is 16.9. The van der Waals surface area contributed by atoms with Crippen LogP contribution in [0.25, 0.3) is 0 Å². The fourth-order valence-electron chi connectivity index (χ4n) is 3.14. The first-order valence-corrected chi connectivity index (χ1v) is 9.77. The van der Waals surface area contributed by atoms with Crippen LogP contribution in [0.2, 0.25) is 0 Å². The number of rotatable bonds is 9. The first-order chi connectivity index (χ1) is 14.2. The van der Waals surface area contributed by atoms with Gasteiger partial charge < -0.3 is 19.5 Å². The highest BCUT2D eigenvalue weighted by atomic mass is 16.5. The lowest BCUT2D eigenvalue weighted by molar-refractivity contribution is 0.0342. The third-order valence-corrected chi connectivity index (χ3v) is 4.77. The Morgan fingerprint density at radius 2 is 1.86 bits per heavy atom. The number of amides is 1. The largest absolute Gasteiger partial charge is 0.493 e. The van der Waals surface area contributed by atoms with Gasteiger partial charge in [0.1, 0.15) is 6.61 Å². The molecule has 2 aromatic rings. The monoisotopic (exact) mass is 396 g/mol. The standard InChI is InChI=1S/C23H28N2O4/c1-3-12-29-21-9-8-20(15-22(21)27-2)23(26)24-16-18-4-6-19(7-5-18)17-25-10-13-28-14-11-25/h3-9,15H,1,10-14,16-17H2,2H3,(H,24,26). The summed E-state index contributed by atoms with van der Waals surface area (Å²) in [5, 5.41) is 2.95. The molecule has 1 aliphatic heterocycles. The van der Waals surface area contributed by atoms with Gasteiger partial charge in [-0.3, -0.25) is 9.69 Å². The first kappa shape index (κ1) is 20.9. The van der Waals surface area contributed by atoms with Gasteiger partial charge in [0.2, 0.25) is 0 Å². The van der Waals surface area contributed by atoms with E-state index in [0.29, 0.717) is 30.2 Å². The summed E-state index contributed by atoms with van der Waals surface area (Å²) in [6.07, 6.45) is 1.66. The zero-order valence-corrected chi connectivity index (χ0v) is 16.9. The number of carbonyl (C=O) groups excluding carboxylic acids is 1. The highest BCUT2D eigenvalue weighted by Crippen LogP contribution is 2.28. The van der Waals surface area contributed by atoms with Crippen molar-refractivity contribution >= 4 is 5.91 Å². The van der Waals surface area contributed by atoms with Gasteiger partial charge in [-0.05, 0) is 29.3 Å². The van der Waals surface area contributed by atoms with Crippen LogP contribution in [-0.4, -0.2) is 50.8 Å². The third-order valence-electron chi connectivity index (χ3n) is 4.77. The maximum Gasteiger partial charge on any atom is 0.251 e. The first-order valence-electron chi connectivity index (χ1n) is 9.77. The summed E-state index contributed by atoms with van der Waals surface area (Å²) < 4.78 is 16.2. The molecule has 29 heavy (non-hydrogen) atoms. The van der Waals surface area contributed by atoms with E-state index < -0.39 is 0 Å². The van der Waals surface area contributed by atoms with Crippen LogP contribution in [-0.2, 0) is 17.8 Å². The molecule has 6 heteroatoms. The molecule has 6 nitrogen and oxygen atoms in total. The number of hydrogen-bond donors (Lipinski definition) is 1. The van der Waals surface area contributed by atoms with Gasteiger partial charge in [0, 0.05) is 31.7 Å². The van der Waals surface area contributed by atoms with Crippen LogP contribution in [0.1, 0.15) is 21.5 Å². The van der Waals surface area contributed by atoms with Crippen molar-refractivity contribution in [3.8, 4) is 11.5 Å². The van der Waals surface area contributed by atoms with Crippen LogP contribution >= 0.6 is 0 Å². The minimum atomic E-state index is -0.157. The zero-order chi connectivity index (χ0) is 20.5. The molecule has 0 spiro atoms. The molecule has 154 valence electrons. The SMILES string of the molecule is C=CCOc1ccc(C(=O)NCc2ccc(CN3CCOCC3)cc2)cc1OC. The second kappa shape index (κ2) is 10.6. The minimum absolute atomic E-state index is 0.157. The summed E-state index contributed by atoms with van der Waals surface area (Å²) in [5.41, 5.74) is 2.85. The Balaban J connectivity index is 1.53.